The summed E-state index contributed by atoms with van der Waals surface area (Å²) < 4.78 is 0. The van der Waals surface area contributed by atoms with Crippen molar-refractivity contribution in [1.29, 1.82) is 5.26 Å². The average Bonchev–Trinajstić information content (AvgIpc) is 2.71. The Balaban J connectivity index is 1.50. The van der Waals surface area contributed by atoms with Crippen LogP contribution in [-0.4, -0.2) is 41.9 Å². The number of carbonyl (C=O) groups excluding carboxylic acids is 2. The van der Waals surface area contributed by atoms with Crippen LogP contribution >= 0.6 is 0 Å². The molecule has 0 unspecified atom stereocenters. The lowest BCUT2D eigenvalue weighted by Gasteiger charge is -2.29. The maximum Gasteiger partial charge on any atom is 0.321 e. The number of benzene rings is 2. The van der Waals surface area contributed by atoms with Gasteiger partial charge in [-0.15, -0.1) is 0 Å². The minimum Gasteiger partial charge on any atom is -0.338 e. The highest BCUT2D eigenvalue weighted by Crippen LogP contribution is 2.19. The maximum absolute atomic E-state index is 12.5. The molecular formula is C21H22N4O2. The molecule has 0 saturated heterocycles. The second-order valence-electron chi connectivity index (χ2n) is 6.63. The van der Waals surface area contributed by atoms with Crippen molar-refractivity contribution in [3.63, 3.8) is 0 Å². The van der Waals surface area contributed by atoms with Gasteiger partial charge in [0.1, 0.15) is 0 Å². The molecule has 0 spiro atoms. The molecule has 2 aromatic rings. The van der Waals surface area contributed by atoms with Crippen LogP contribution in [0.5, 0.6) is 0 Å². The van der Waals surface area contributed by atoms with Crippen molar-refractivity contribution in [3.05, 3.63) is 65.2 Å². The Morgan fingerprint density at radius 2 is 1.96 bits per heavy atom. The van der Waals surface area contributed by atoms with E-state index in [2.05, 4.69) is 17.4 Å². The van der Waals surface area contributed by atoms with Gasteiger partial charge in [0.25, 0.3) is 0 Å². The van der Waals surface area contributed by atoms with E-state index in [0.717, 1.165) is 6.42 Å². The van der Waals surface area contributed by atoms with Crippen LogP contribution in [0, 0.1) is 11.3 Å². The molecule has 1 heterocycles. The van der Waals surface area contributed by atoms with E-state index in [0.29, 0.717) is 30.9 Å². The predicted octanol–water partition coefficient (Wildman–Crippen LogP) is 3.00. The van der Waals surface area contributed by atoms with E-state index in [1.807, 2.05) is 23.1 Å². The highest BCUT2D eigenvalue weighted by Gasteiger charge is 2.21. The molecule has 3 rings (SSSR count). The summed E-state index contributed by atoms with van der Waals surface area (Å²) in [4.78, 5) is 28.1. The van der Waals surface area contributed by atoms with Gasteiger partial charge in [0.05, 0.1) is 11.6 Å². The summed E-state index contributed by atoms with van der Waals surface area (Å²) in [6.45, 7) is 1.68. The van der Waals surface area contributed by atoms with Gasteiger partial charge in [0, 0.05) is 38.8 Å². The summed E-state index contributed by atoms with van der Waals surface area (Å²) in [5.74, 6) is 0.0515. The van der Waals surface area contributed by atoms with E-state index in [1.54, 1.807) is 31.3 Å². The van der Waals surface area contributed by atoms with E-state index in [9.17, 15) is 9.59 Å². The van der Waals surface area contributed by atoms with Crippen LogP contribution in [0.1, 0.15) is 23.1 Å². The van der Waals surface area contributed by atoms with Crippen molar-refractivity contribution in [2.75, 3.05) is 25.5 Å². The van der Waals surface area contributed by atoms with Gasteiger partial charge in [-0.25, -0.2) is 4.79 Å². The van der Waals surface area contributed by atoms with Crippen LogP contribution in [0.25, 0.3) is 0 Å². The van der Waals surface area contributed by atoms with Gasteiger partial charge in [-0.1, -0.05) is 30.3 Å². The Labute approximate surface area is 159 Å². The van der Waals surface area contributed by atoms with Gasteiger partial charge >= 0.3 is 6.03 Å². The van der Waals surface area contributed by atoms with Gasteiger partial charge in [-0.3, -0.25) is 4.79 Å². The molecule has 1 aliphatic heterocycles. The van der Waals surface area contributed by atoms with Gasteiger partial charge < -0.3 is 15.1 Å². The zero-order valence-electron chi connectivity index (χ0n) is 15.3. The lowest BCUT2D eigenvalue weighted by atomic mass is 10.00. The first-order chi connectivity index (χ1) is 13.1. The summed E-state index contributed by atoms with van der Waals surface area (Å²) in [7, 11) is 1.66. The number of nitrogens with one attached hydrogen (secondary N) is 1. The Morgan fingerprint density at radius 3 is 2.74 bits per heavy atom. The van der Waals surface area contributed by atoms with Crippen molar-refractivity contribution < 1.29 is 9.59 Å². The number of carbonyl (C=O) groups is 2. The van der Waals surface area contributed by atoms with E-state index < -0.39 is 0 Å². The monoisotopic (exact) mass is 362 g/mol. The fourth-order valence-corrected chi connectivity index (χ4v) is 3.12. The second-order valence-corrected chi connectivity index (χ2v) is 6.63. The molecule has 138 valence electrons. The largest absolute Gasteiger partial charge is 0.338 e. The number of rotatable bonds is 4. The number of anilines is 1. The standard InChI is InChI=1S/C21H22N4O2/c1-24(21(27)23-19-8-4-5-16(13-19)14-22)11-10-20(26)25-12-9-17-6-2-3-7-18(17)15-25/h2-8,13H,9-12,15H2,1H3,(H,23,27). The quantitative estimate of drug-likeness (QED) is 0.908. The van der Waals surface area contributed by atoms with Crippen molar-refractivity contribution >= 4 is 17.6 Å². The van der Waals surface area contributed by atoms with E-state index in [-0.39, 0.29) is 18.4 Å². The SMILES string of the molecule is CN(CCC(=O)N1CCc2ccccc2C1)C(=O)Nc1cccc(C#N)c1. The minimum atomic E-state index is -0.304. The molecule has 0 radical (unpaired) electrons. The molecule has 2 aromatic carbocycles. The summed E-state index contributed by atoms with van der Waals surface area (Å²) in [5, 5.41) is 11.7. The van der Waals surface area contributed by atoms with Crippen molar-refractivity contribution in [1.82, 2.24) is 9.80 Å². The Kier molecular flexibility index (Phi) is 5.72. The Bertz CT molecular complexity index is 888. The molecule has 0 aliphatic carbocycles. The molecular weight excluding hydrogens is 340 g/mol. The fraction of sp³-hybridized carbons (Fsp3) is 0.286. The van der Waals surface area contributed by atoms with Crippen LogP contribution in [0.4, 0.5) is 10.5 Å². The van der Waals surface area contributed by atoms with E-state index >= 15 is 0 Å². The third-order valence-corrected chi connectivity index (χ3v) is 4.73. The van der Waals surface area contributed by atoms with Crippen LogP contribution < -0.4 is 5.32 Å². The number of nitrogens with zero attached hydrogens (tertiary/aromatic N) is 3. The van der Waals surface area contributed by atoms with E-state index in [1.165, 1.54) is 16.0 Å². The van der Waals surface area contributed by atoms with Gasteiger partial charge in [-0.2, -0.15) is 5.26 Å². The van der Waals surface area contributed by atoms with Crippen molar-refractivity contribution in [2.45, 2.75) is 19.4 Å². The van der Waals surface area contributed by atoms with E-state index in [4.69, 9.17) is 5.26 Å². The molecule has 0 atom stereocenters. The molecule has 6 nitrogen and oxygen atoms in total. The first kappa shape index (κ1) is 18.5. The number of hydrogen-bond donors (Lipinski definition) is 1. The maximum atomic E-state index is 12.5. The second kappa shape index (κ2) is 8.37. The molecule has 27 heavy (non-hydrogen) atoms. The summed E-state index contributed by atoms with van der Waals surface area (Å²) in [5.41, 5.74) is 3.54. The number of urea groups is 1. The van der Waals surface area contributed by atoms with Crippen LogP contribution in [-0.2, 0) is 17.8 Å². The molecule has 0 fully saturated rings. The normalized spacial score (nSPS) is 12.7. The predicted molar refractivity (Wildman–Crippen MR) is 103 cm³/mol. The third kappa shape index (κ3) is 4.64. The summed E-state index contributed by atoms with van der Waals surface area (Å²) in [6.07, 6.45) is 1.15. The van der Waals surface area contributed by atoms with Gasteiger partial charge in [0.15, 0.2) is 0 Å². The van der Waals surface area contributed by atoms with Crippen LogP contribution in [0.2, 0.25) is 0 Å². The lowest BCUT2D eigenvalue weighted by molar-refractivity contribution is -0.132. The molecule has 3 amide bonds. The number of fused-ring (bicyclic) bond motifs is 1. The zero-order chi connectivity index (χ0) is 19.2. The molecule has 0 saturated carbocycles. The summed E-state index contributed by atoms with van der Waals surface area (Å²) >= 11 is 0. The van der Waals surface area contributed by atoms with Crippen LogP contribution in [0.15, 0.2) is 48.5 Å². The van der Waals surface area contributed by atoms with Crippen LogP contribution in [0.3, 0.4) is 0 Å². The Morgan fingerprint density at radius 1 is 1.19 bits per heavy atom. The van der Waals surface area contributed by atoms with Gasteiger partial charge in [-0.05, 0) is 35.7 Å². The molecule has 1 N–H and O–H groups in total. The Hall–Kier alpha value is -3.33. The first-order valence-corrected chi connectivity index (χ1v) is 8.93. The van der Waals surface area contributed by atoms with Crippen molar-refractivity contribution in [3.8, 4) is 6.07 Å². The highest BCUT2D eigenvalue weighted by atomic mass is 16.2. The molecule has 6 heteroatoms. The number of amides is 3. The first-order valence-electron chi connectivity index (χ1n) is 8.93. The highest BCUT2D eigenvalue weighted by molar-refractivity contribution is 5.89. The molecule has 0 bridgehead atoms. The zero-order valence-corrected chi connectivity index (χ0v) is 15.3. The third-order valence-electron chi connectivity index (χ3n) is 4.73. The minimum absolute atomic E-state index is 0.0515. The lowest BCUT2D eigenvalue weighted by Crippen LogP contribution is -2.39. The van der Waals surface area contributed by atoms with Crippen molar-refractivity contribution in [2.24, 2.45) is 0 Å². The smallest absolute Gasteiger partial charge is 0.321 e. The molecule has 1 aliphatic rings. The number of hydrogen-bond acceptors (Lipinski definition) is 3. The van der Waals surface area contributed by atoms with Gasteiger partial charge in [0.2, 0.25) is 5.91 Å². The average molecular weight is 362 g/mol. The fourth-order valence-electron chi connectivity index (χ4n) is 3.12. The summed E-state index contributed by atoms with van der Waals surface area (Å²) in [6, 6.07) is 16.6. The molecule has 0 aromatic heterocycles. The topological polar surface area (TPSA) is 76.4 Å². The number of nitriles is 1.